The van der Waals surface area contributed by atoms with Crippen LogP contribution in [-0.2, 0) is 9.53 Å². The molecule has 144 valence electrons. The molecule has 0 amide bonds. The number of unbranched alkanes of at least 4 members (excludes halogenated alkanes) is 2. The van der Waals surface area contributed by atoms with Gasteiger partial charge in [0.25, 0.3) is 0 Å². The Hall–Kier alpha value is -0.503. The number of imidazole rings is 1. The van der Waals surface area contributed by atoms with Crippen LogP contribution in [-0.4, -0.2) is 30.4 Å². The van der Waals surface area contributed by atoms with Gasteiger partial charge in [-0.2, -0.15) is 0 Å². The first-order valence-electron chi connectivity index (χ1n) is 9.30. The predicted octanol–water partition coefficient (Wildman–Crippen LogP) is 5.09. The van der Waals surface area contributed by atoms with E-state index < -0.39 is 8.07 Å². The average Bonchev–Trinajstić information content (AvgIpc) is 3.03. The summed E-state index contributed by atoms with van der Waals surface area (Å²) in [6, 6.07) is 1.04. The number of nitrogens with two attached hydrogens (primary N) is 1. The minimum absolute atomic E-state index is 0.0997. The second-order valence-corrected chi connectivity index (χ2v) is 14.3. The van der Waals surface area contributed by atoms with E-state index in [0.717, 1.165) is 49.9 Å². The molecule has 0 aliphatic carbocycles. The van der Waals surface area contributed by atoms with E-state index in [1.807, 2.05) is 6.92 Å². The van der Waals surface area contributed by atoms with E-state index in [2.05, 4.69) is 45.5 Å². The second-order valence-electron chi connectivity index (χ2n) is 7.82. The van der Waals surface area contributed by atoms with Crippen molar-refractivity contribution < 1.29 is 9.53 Å². The van der Waals surface area contributed by atoms with Gasteiger partial charge in [-0.3, -0.25) is 4.79 Å². The minimum Gasteiger partial charge on any atom is -0.361 e. The van der Waals surface area contributed by atoms with Crippen LogP contribution in [0.1, 0.15) is 68.0 Å². The maximum atomic E-state index is 11.3. The molecule has 1 unspecified atom stereocenters. The quantitative estimate of drug-likeness (QED) is 0.259. The molecule has 2 atom stereocenters. The first kappa shape index (κ1) is 22.5. The van der Waals surface area contributed by atoms with Gasteiger partial charge in [-0.25, -0.2) is 4.98 Å². The zero-order valence-electron chi connectivity index (χ0n) is 16.1. The lowest BCUT2D eigenvalue weighted by molar-refractivity contribution is -0.118. The number of nitrogens with zero attached hydrogens (tertiary/aromatic N) is 1. The monoisotopic (exact) mass is 431 g/mol. The smallest absolute Gasteiger partial charge is 0.153 e. The highest BCUT2D eigenvalue weighted by Crippen LogP contribution is 2.25. The normalized spacial score (nSPS) is 14.5. The van der Waals surface area contributed by atoms with Gasteiger partial charge in [-0.1, -0.05) is 55.3 Å². The van der Waals surface area contributed by atoms with Crippen molar-refractivity contribution in [3.63, 3.8) is 0 Å². The van der Waals surface area contributed by atoms with Crippen molar-refractivity contribution in [1.29, 1.82) is 0 Å². The van der Waals surface area contributed by atoms with Crippen molar-refractivity contribution in [3.8, 4) is 0 Å². The highest BCUT2D eigenvalue weighted by molar-refractivity contribution is 9.09. The lowest BCUT2D eigenvalue weighted by Gasteiger charge is -2.17. The molecule has 5 nitrogen and oxygen atoms in total. The molecule has 1 aromatic rings. The maximum Gasteiger partial charge on any atom is 0.153 e. The number of rotatable bonds is 13. The van der Waals surface area contributed by atoms with Crippen molar-refractivity contribution >= 4 is 29.8 Å². The van der Waals surface area contributed by atoms with Crippen molar-refractivity contribution in [2.75, 3.05) is 6.61 Å². The summed E-state index contributed by atoms with van der Waals surface area (Å²) in [4.78, 5) is 18.9. The largest absolute Gasteiger partial charge is 0.361 e. The zero-order valence-corrected chi connectivity index (χ0v) is 18.7. The third-order valence-electron chi connectivity index (χ3n) is 4.19. The van der Waals surface area contributed by atoms with Crippen LogP contribution in [0.5, 0.6) is 0 Å². The fraction of sp³-hybridized carbons (Fsp3) is 0.778. The van der Waals surface area contributed by atoms with Crippen LogP contribution in [0.15, 0.2) is 6.20 Å². The number of alkyl halides is 1. The minimum atomic E-state index is -1.08. The Morgan fingerprint density at radius 2 is 2.08 bits per heavy atom. The number of halogens is 1. The Balaban J connectivity index is 2.31. The number of hydrogen-bond acceptors (Lipinski definition) is 4. The summed E-state index contributed by atoms with van der Waals surface area (Å²) >= 11 is 3.56. The first-order valence-corrected chi connectivity index (χ1v) is 13.9. The van der Waals surface area contributed by atoms with Crippen LogP contribution in [0, 0.1) is 0 Å². The van der Waals surface area contributed by atoms with Gasteiger partial charge in [0.05, 0.1) is 17.9 Å². The molecule has 0 aliphatic heterocycles. The first-order chi connectivity index (χ1) is 11.7. The number of carbonyl (C=O) groups excluding carboxylic acids is 1. The molecule has 7 heteroatoms. The summed E-state index contributed by atoms with van der Waals surface area (Å²) in [6.07, 6.45) is 7.00. The van der Waals surface area contributed by atoms with E-state index in [1.54, 1.807) is 6.20 Å². The molecule has 25 heavy (non-hydrogen) atoms. The molecule has 0 fully saturated rings. The Bertz CT molecular complexity index is 517. The molecule has 3 N–H and O–H groups in total. The van der Waals surface area contributed by atoms with Crippen LogP contribution in [0.3, 0.4) is 0 Å². The molecule has 0 spiro atoms. The summed E-state index contributed by atoms with van der Waals surface area (Å²) in [5.41, 5.74) is 7.13. The van der Waals surface area contributed by atoms with Gasteiger partial charge in [-0.15, -0.1) is 0 Å². The SMILES string of the molecule is CCC(=O)CCCCC[C@H](N)c1ncc(C(Br)OCC[Si](C)(C)C)[nH]1. The molecule has 0 saturated carbocycles. The molecule has 1 aromatic heterocycles. The van der Waals surface area contributed by atoms with Crippen LogP contribution < -0.4 is 5.73 Å². The lowest BCUT2D eigenvalue weighted by atomic mass is 10.1. The molecule has 1 heterocycles. The lowest BCUT2D eigenvalue weighted by Crippen LogP contribution is -2.21. The molecule has 0 aliphatic rings. The van der Waals surface area contributed by atoms with Gasteiger partial charge in [0.2, 0.25) is 0 Å². The molecule has 1 rings (SSSR count). The summed E-state index contributed by atoms with van der Waals surface area (Å²) in [7, 11) is -1.08. The van der Waals surface area contributed by atoms with E-state index in [0.29, 0.717) is 18.6 Å². The number of aromatic amines is 1. The maximum absolute atomic E-state index is 11.3. The van der Waals surface area contributed by atoms with Crippen LogP contribution in [0.25, 0.3) is 0 Å². The number of ketones is 1. The van der Waals surface area contributed by atoms with Crippen LogP contribution >= 0.6 is 15.9 Å². The van der Waals surface area contributed by atoms with Crippen molar-refractivity contribution in [2.45, 2.75) is 82.2 Å². The third kappa shape index (κ3) is 9.68. The van der Waals surface area contributed by atoms with E-state index >= 15 is 0 Å². The Morgan fingerprint density at radius 1 is 1.36 bits per heavy atom. The van der Waals surface area contributed by atoms with Crippen molar-refractivity contribution in [3.05, 3.63) is 17.7 Å². The average molecular weight is 432 g/mol. The highest BCUT2D eigenvalue weighted by atomic mass is 79.9. The van der Waals surface area contributed by atoms with Gasteiger partial charge in [0.1, 0.15) is 11.6 Å². The standard InChI is InChI=1S/C18H34BrN3O2Si/c1-5-14(23)9-7-6-8-10-15(20)18-21-13-16(22-18)17(19)24-11-12-25(2,3)4/h13,15,17H,5-12,20H2,1-4H3,(H,21,22)/t15-,17?/m0/s1. The van der Waals surface area contributed by atoms with Gasteiger partial charge < -0.3 is 15.5 Å². The number of nitrogens with one attached hydrogen (secondary N) is 1. The van der Waals surface area contributed by atoms with E-state index in [9.17, 15) is 4.79 Å². The zero-order chi connectivity index (χ0) is 18.9. The Labute approximate surface area is 161 Å². The van der Waals surface area contributed by atoms with Crippen LogP contribution in [0.4, 0.5) is 0 Å². The molecule has 0 aromatic carbocycles. The fourth-order valence-electron chi connectivity index (χ4n) is 2.39. The van der Waals surface area contributed by atoms with Crippen molar-refractivity contribution in [2.24, 2.45) is 5.73 Å². The third-order valence-corrected chi connectivity index (χ3v) is 6.65. The van der Waals surface area contributed by atoms with E-state index in [-0.39, 0.29) is 11.1 Å². The molecular weight excluding hydrogens is 398 g/mol. The predicted molar refractivity (Wildman–Crippen MR) is 110 cm³/mol. The number of Topliss-reactive ketones (excluding diaryl/α,β-unsaturated/α-hetero) is 1. The number of aromatic nitrogens is 2. The molecular formula is C18H34BrN3O2Si. The molecule has 0 saturated heterocycles. The fourth-order valence-corrected chi connectivity index (χ4v) is 3.54. The summed E-state index contributed by atoms with van der Waals surface area (Å²) in [5.74, 6) is 1.15. The van der Waals surface area contributed by atoms with Crippen LogP contribution in [0.2, 0.25) is 25.7 Å². The Morgan fingerprint density at radius 3 is 2.72 bits per heavy atom. The molecule has 0 radical (unpaired) electrons. The highest BCUT2D eigenvalue weighted by Gasteiger charge is 2.17. The number of carbonyl (C=O) groups is 1. The van der Waals surface area contributed by atoms with Gasteiger partial charge in [0.15, 0.2) is 5.01 Å². The van der Waals surface area contributed by atoms with Crippen molar-refractivity contribution in [1.82, 2.24) is 9.97 Å². The Kier molecular flexibility index (Phi) is 10.2. The number of ether oxygens (including phenoxy) is 1. The summed E-state index contributed by atoms with van der Waals surface area (Å²) < 4.78 is 5.85. The number of H-pyrrole nitrogens is 1. The summed E-state index contributed by atoms with van der Waals surface area (Å²) in [5, 5.41) is -0.169. The molecule has 0 bridgehead atoms. The van der Waals surface area contributed by atoms with Gasteiger partial charge in [-0.05, 0) is 18.9 Å². The van der Waals surface area contributed by atoms with Gasteiger partial charge >= 0.3 is 0 Å². The number of hydrogen-bond donors (Lipinski definition) is 2. The topological polar surface area (TPSA) is 81.0 Å². The van der Waals surface area contributed by atoms with E-state index in [1.165, 1.54) is 0 Å². The summed E-state index contributed by atoms with van der Waals surface area (Å²) in [6.45, 7) is 9.68. The second kappa shape index (κ2) is 11.3. The van der Waals surface area contributed by atoms with Gasteiger partial charge in [0, 0.05) is 27.5 Å². The van der Waals surface area contributed by atoms with E-state index in [4.69, 9.17) is 10.5 Å².